The summed E-state index contributed by atoms with van der Waals surface area (Å²) in [6, 6.07) is 10.4. The van der Waals surface area contributed by atoms with E-state index >= 15 is 0 Å². The summed E-state index contributed by atoms with van der Waals surface area (Å²) in [6.45, 7) is 4.42. The van der Waals surface area contributed by atoms with Crippen LogP contribution in [0.4, 0.5) is 10.5 Å². The van der Waals surface area contributed by atoms with Crippen LogP contribution in [0.1, 0.15) is 19.8 Å². The molecule has 5 heteroatoms. The Morgan fingerprint density at radius 1 is 1.36 bits per heavy atom. The number of benzene rings is 1. The van der Waals surface area contributed by atoms with Crippen molar-refractivity contribution in [2.45, 2.75) is 25.8 Å². The topological polar surface area (TPSA) is 55.8 Å². The Morgan fingerprint density at radius 2 is 2.00 bits per heavy atom. The molecule has 1 aromatic carbocycles. The number of para-hydroxylation sites is 1. The van der Waals surface area contributed by atoms with Crippen LogP contribution in [0.2, 0.25) is 0 Å². The average molecular weight is 305 g/mol. The van der Waals surface area contributed by atoms with Crippen molar-refractivity contribution in [3.8, 4) is 0 Å². The van der Waals surface area contributed by atoms with Crippen LogP contribution in [0.25, 0.3) is 0 Å². The fourth-order valence-electron chi connectivity index (χ4n) is 2.72. The van der Waals surface area contributed by atoms with E-state index < -0.39 is 0 Å². The number of anilines is 1. The molecule has 1 unspecified atom stereocenters. The van der Waals surface area contributed by atoms with Crippen LogP contribution in [0.5, 0.6) is 0 Å². The normalized spacial score (nSPS) is 17.1. The number of aliphatic hydroxyl groups is 1. The Balaban J connectivity index is 1.76. The van der Waals surface area contributed by atoms with Gasteiger partial charge in [0.05, 0.1) is 0 Å². The molecule has 1 saturated heterocycles. The molecule has 1 aromatic rings. The molecular weight excluding hydrogens is 278 g/mol. The van der Waals surface area contributed by atoms with E-state index in [1.807, 2.05) is 30.1 Å². The summed E-state index contributed by atoms with van der Waals surface area (Å²) in [5.41, 5.74) is 1.15. The molecular formula is C17H27N3O2. The molecule has 0 saturated carbocycles. The summed E-state index contributed by atoms with van der Waals surface area (Å²) in [5, 5.41) is 12.2. The smallest absolute Gasteiger partial charge is 0.317 e. The van der Waals surface area contributed by atoms with E-state index in [0.29, 0.717) is 12.5 Å². The second-order valence-electron chi connectivity index (χ2n) is 6.09. The van der Waals surface area contributed by atoms with E-state index in [1.165, 1.54) is 0 Å². The number of hydrogen-bond donors (Lipinski definition) is 2. The molecule has 0 bridgehead atoms. The minimum atomic E-state index is 0.00435. The maximum Gasteiger partial charge on any atom is 0.317 e. The van der Waals surface area contributed by atoms with Crippen LogP contribution in [0, 0.1) is 5.92 Å². The first kappa shape index (κ1) is 16.6. The van der Waals surface area contributed by atoms with Crippen molar-refractivity contribution in [1.82, 2.24) is 10.2 Å². The SMILES string of the molecule is CC(CNC(=O)N1CCC(CO)CC1)N(C)c1ccccc1. The predicted molar refractivity (Wildman–Crippen MR) is 89.1 cm³/mol. The van der Waals surface area contributed by atoms with Crippen LogP contribution >= 0.6 is 0 Å². The summed E-state index contributed by atoms with van der Waals surface area (Å²) in [4.78, 5) is 16.2. The number of likely N-dealkylation sites (N-methyl/N-ethyl adjacent to an activating group) is 1. The number of nitrogens with one attached hydrogen (secondary N) is 1. The molecule has 1 fully saturated rings. The molecule has 122 valence electrons. The molecule has 1 heterocycles. The fraction of sp³-hybridized carbons (Fsp3) is 0.588. The van der Waals surface area contributed by atoms with E-state index in [-0.39, 0.29) is 18.7 Å². The molecule has 0 spiro atoms. The highest BCUT2D eigenvalue weighted by Gasteiger charge is 2.22. The molecule has 1 aliphatic heterocycles. The maximum atomic E-state index is 12.2. The number of carbonyl (C=O) groups excluding carboxylic acids is 1. The van der Waals surface area contributed by atoms with Gasteiger partial charge in [0.1, 0.15) is 0 Å². The molecule has 5 nitrogen and oxygen atoms in total. The number of likely N-dealkylation sites (tertiary alicyclic amines) is 1. The summed E-state index contributed by atoms with van der Waals surface area (Å²) in [5.74, 6) is 0.354. The second-order valence-corrected chi connectivity index (χ2v) is 6.09. The Morgan fingerprint density at radius 3 is 2.59 bits per heavy atom. The van der Waals surface area contributed by atoms with Crippen LogP contribution in [-0.2, 0) is 0 Å². The van der Waals surface area contributed by atoms with E-state index in [2.05, 4.69) is 29.3 Å². The highest BCUT2D eigenvalue weighted by Crippen LogP contribution is 2.16. The monoisotopic (exact) mass is 305 g/mol. The molecule has 0 radical (unpaired) electrons. The first-order valence-electron chi connectivity index (χ1n) is 8.03. The molecule has 0 aliphatic carbocycles. The van der Waals surface area contributed by atoms with Gasteiger partial charge in [-0.2, -0.15) is 0 Å². The summed E-state index contributed by atoms with van der Waals surface area (Å²) >= 11 is 0. The Hall–Kier alpha value is -1.75. The van der Waals surface area contributed by atoms with Gasteiger partial charge in [-0.3, -0.25) is 0 Å². The van der Waals surface area contributed by atoms with Gasteiger partial charge in [0.25, 0.3) is 0 Å². The highest BCUT2D eigenvalue weighted by molar-refractivity contribution is 5.74. The van der Waals surface area contributed by atoms with Crippen LogP contribution in [0.3, 0.4) is 0 Å². The lowest BCUT2D eigenvalue weighted by Gasteiger charge is -2.32. The van der Waals surface area contributed by atoms with Gasteiger partial charge in [-0.05, 0) is 37.8 Å². The van der Waals surface area contributed by atoms with Gasteiger partial charge >= 0.3 is 6.03 Å². The molecule has 1 atom stereocenters. The molecule has 0 aromatic heterocycles. The minimum Gasteiger partial charge on any atom is -0.396 e. The molecule has 2 N–H and O–H groups in total. The largest absolute Gasteiger partial charge is 0.396 e. The van der Waals surface area contributed by atoms with Crippen molar-refractivity contribution in [3.63, 3.8) is 0 Å². The predicted octanol–water partition coefficient (Wildman–Crippen LogP) is 1.93. The lowest BCUT2D eigenvalue weighted by atomic mass is 9.98. The highest BCUT2D eigenvalue weighted by atomic mass is 16.3. The van der Waals surface area contributed by atoms with Crippen LogP contribution in [0.15, 0.2) is 30.3 Å². The van der Waals surface area contributed by atoms with Crippen molar-refractivity contribution in [1.29, 1.82) is 0 Å². The van der Waals surface area contributed by atoms with E-state index in [0.717, 1.165) is 31.6 Å². The maximum absolute atomic E-state index is 12.2. The quantitative estimate of drug-likeness (QED) is 0.874. The van der Waals surface area contributed by atoms with Crippen molar-refractivity contribution in [2.75, 3.05) is 38.2 Å². The molecule has 2 rings (SSSR count). The van der Waals surface area contributed by atoms with Crippen LogP contribution in [-0.4, -0.2) is 55.4 Å². The number of piperidine rings is 1. The van der Waals surface area contributed by atoms with E-state index in [9.17, 15) is 4.79 Å². The second kappa shape index (κ2) is 8.03. The third-order valence-corrected chi connectivity index (χ3v) is 4.53. The van der Waals surface area contributed by atoms with Gasteiger partial charge in [0, 0.05) is 45.0 Å². The number of carbonyl (C=O) groups is 1. The van der Waals surface area contributed by atoms with Crippen molar-refractivity contribution >= 4 is 11.7 Å². The van der Waals surface area contributed by atoms with Gasteiger partial charge < -0.3 is 20.2 Å². The Labute approximate surface area is 132 Å². The first-order chi connectivity index (χ1) is 10.6. The van der Waals surface area contributed by atoms with Crippen molar-refractivity contribution in [3.05, 3.63) is 30.3 Å². The number of nitrogens with zero attached hydrogens (tertiary/aromatic N) is 2. The molecule has 2 amide bonds. The van der Waals surface area contributed by atoms with Gasteiger partial charge in [-0.25, -0.2) is 4.79 Å². The van der Waals surface area contributed by atoms with Crippen molar-refractivity contribution < 1.29 is 9.90 Å². The Kier molecular flexibility index (Phi) is 6.07. The lowest BCUT2D eigenvalue weighted by Crippen LogP contribution is -2.48. The zero-order valence-corrected chi connectivity index (χ0v) is 13.5. The third-order valence-electron chi connectivity index (χ3n) is 4.53. The average Bonchev–Trinajstić information content (AvgIpc) is 2.59. The number of urea groups is 1. The summed E-state index contributed by atoms with van der Waals surface area (Å²) < 4.78 is 0. The molecule has 1 aliphatic rings. The minimum absolute atomic E-state index is 0.00435. The first-order valence-corrected chi connectivity index (χ1v) is 8.03. The number of rotatable bonds is 5. The lowest BCUT2D eigenvalue weighted by molar-refractivity contribution is 0.137. The third kappa shape index (κ3) is 4.37. The number of hydrogen-bond acceptors (Lipinski definition) is 3. The van der Waals surface area contributed by atoms with Gasteiger partial charge in [0.15, 0.2) is 0 Å². The summed E-state index contributed by atoms with van der Waals surface area (Å²) in [7, 11) is 2.04. The number of aliphatic hydroxyl groups excluding tert-OH is 1. The standard InChI is InChI=1S/C17H27N3O2/c1-14(19(2)16-6-4-3-5-7-16)12-18-17(22)20-10-8-15(13-21)9-11-20/h3-7,14-15,21H,8-13H2,1-2H3,(H,18,22). The van der Waals surface area contributed by atoms with E-state index in [4.69, 9.17) is 5.11 Å². The summed E-state index contributed by atoms with van der Waals surface area (Å²) in [6.07, 6.45) is 1.78. The fourth-order valence-corrected chi connectivity index (χ4v) is 2.72. The van der Waals surface area contributed by atoms with Crippen LogP contribution < -0.4 is 10.2 Å². The van der Waals surface area contributed by atoms with Gasteiger partial charge in [-0.1, -0.05) is 18.2 Å². The molecule has 22 heavy (non-hydrogen) atoms. The Bertz CT molecular complexity index is 458. The number of amides is 2. The zero-order valence-electron chi connectivity index (χ0n) is 13.5. The zero-order chi connectivity index (χ0) is 15.9. The van der Waals surface area contributed by atoms with Crippen molar-refractivity contribution in [2.24, 2.45) is 5.92 Å². The van der Waals surface area contributed by atoms with Gasteiger partial charge in [0.2, 0.25) is 0 Å². The van der Waals surface area contributed by atoms with Gasteiger partial charge in [-0.15, -0.1) is 0 Å². The van der Waals surface area contributed by atoms with E-state index in [1.54, 1.807) is 0 Å².